The van der Waals surface area contributed by atoms with E-state index in [9.17, 15) is 17.5 Å². The van der Waals surface area contributed by atoms with Crippen LogP contribution < -0.4 is 14.2 Å². The number of rotatable bonds is 9. The van der Waals surface area contributed by atoms with Crippen molar-refractivity contribution in [1.29, 1.82) is 0 Å². The highest BCUT2D eigenvalue weighted by Crippen LogP contribution is 2.52. The fourth-order valence-corrected chi connectivity index (χ4v) is 7.28. The Balaban J connectivity index is 1.78. The van der Waals surface area contributed by atoms with Crippen molar-refractivity contribution in [2.24, 2.45) is 0 Å². The van der Waals surface area contributed by atoms with Crippen LogP contribution in [0.1, 0.15) is 49.3 Å². The van der Waals surface area contributed by atoms with E-state index in [4.69, 9.17) is 9.47 Å². The molecule has 3 atom stereocenters. The number of nitrogens with zero attached hydrogens (tertiary/aromatic N) is 5. The maximum Gasteiger partial charge on any atom is 0.243 e. The fourth-order valence-electron chi connectivity index (χ4n) is 4.26. The van der Waals surface area contributed by atoms with Gasteiger partial charge >= 0.3 is 0 Å². The summed E-state index contributed by atoms with van der Waals surface area (Å²) in [6, 6.07) is 5.16. The van der Waals surface area contributed by atoms with Crippen LogP contribution in [-0.2, 0) is 10.0 Å². The molecule has 202 valence electrons. The quantitative estimate of drug-likeness (QED) is 0.358. The van der Waals surface area contributed by atoms with Crippen molar-refractivity contribution in [2.45, 2.75) is 44.3 Å². The molecule has 0 spiro atoms. The molecule has 12 nitrogen and oxygen atoms in total. The summed E-state index contributed by atoms with van der Waals surface area (Å²) in [6.07, 6.45) is 3.76. The highest BCUT2D eigenvalue weighted by molar-refractivity contribution is 8.24. The SMILES string of the molecule is COc1cccc(OC)c1-n1c(NS(=O)(=O)[C@@H](C)[C@H](C)c2ncc(C)cn2)nnc1[C@@H]1CCS(O)(O)C1. The normalized spacial score (nSPS) is 19.7. The first-order chi connectivity index (χ1) is 17.5. The van der Waals surface area contributed by atoms with E-state index in [1.165, 1.54) is 18.8 Å². The number of aromatic nitrogens is 5. The standard InChI is InChI=1S/C23H32N6O6S2/c1-14-11-24-21(25-12-14)15(2)16(3)37(32,33)28-23-27-26-22(17-9-10-36(30,31)13-17)29(23)20-18(34-4)7-6-8-19(20)35-5/h6-8,11-12,15-17,30-31H,9-10,13H2,1-5H3,(H,27,28)/t15-,16-,17+/m0/s1. The zero-order chi connectivity index (χ0) is 27.0. The Morgan fingerprint density at radius 1 is 1.11 bits per heavy atom. The molecule has 1 saturated heterocycles. The van der Waals surface area contributed by atoms with Crippen molar-refractivity contribution in [3.8, 4) is 17.2 Å². The average molecular weight is 553 g/mol. The van der Waals surface area contributed by atoms with Gasteiger partial charge in [-0.05, 0) is 38.0 Å². The van der Waals surface area contributed by atoms with E-state index in [0.717, 1.165) is 5.56 Å². The molecule has 1 aliphatic rings. The van der Waals surface area contributed by atoms with E-state index in [0.29, 0.717) is 35.3 Å². The van der Waals surface area contributed by atoms with E-state index < -0.39 is 31.8 Å². The number of hydrogen-bond donors (Lipinski definition) is 3. The molecule has 3 heterocycles. The number of ether oxygens (including phenoxy) is 2. The number of aryl methyl sites for hydroxylation is 1. The Kier molecular flexibility index (Phi) is 7.65. The smallest absolute Gasteiger partial charge is 0.243 e. The topological polar surface area (TPSA) is 162 Å². The van der Waals surface area contributed by atoms with Crippen LogP contribution in [-0.4, -0.2) is 73.2 Å². The second-order valence-electron chi connectivity index (χ2n) is 9.15. The molecule has 1 fully saturated rings. The molecular formula is C23H32N6O6S2. The highest BCUT2D eigenvalue weighted by Gasteiger charge is 2.37. The predicted octanol–water partition coefficient (Wildman–Crippen LogP) is 3.55. The first-order valence-electron chi connectivity index (χ1n) is 11.7. The molecular weight excluding hydrogens is 520 g/mol. The largest absolute Gasteiger partial charge is 0.494 e. The van der Waals surface area contributed by atoms with Crippen LogP contribution in [0.5, 0.6) is 11.5 Å². The first-order valence-corrected chi connectivity index (χ1v) is 15.1. The molecule has 3 aromatic rings. The van der Waals surface area contributed by atoms with Crippen LogP contribution in [0, 0.1) is 6.92 Å². The monoisotopic (exact) mass is 552 g/mol. The minimum atomic E-state index is -4.00. The lowest BCUT2D eigenvalue weighted by atomic mass is 10.1. The van der Waals surface area contributed by atoms with Gasteiger partial charge in [-0.1, -0.05) is 13.0 Å². The number of methoxy groups -OCH3 is 2. The van der Waals surface area contributed by atoms with E-state index in [1.807, 2.05) is 6.92 Å². The minimum absolute atomic E-state index is 0.0648. The molecule has 1 aliphatic heterocycles. The Bertz CT molecular complexity index is 1340. The molecule has 0 saturated carbocycles. The fraction of sp³-hybridized carbons (Fsp3) is 0.478. The lowest BCUT2D eigenvalue weighted by Crippen LogP contribution is -2.31. The number of hydrogen-bond acceptors (Lipinski definition) is 10. The van der Waals surface area contributed by atoms with E-state index in [2.05, 4.69) is 24.9 Å². The van der Waals surface area contributed by atoms with Crippen molar-refractivity contribution in [2.75, 3.05) is 30.4 Å². The molecule has 0 amide bonds. The third kappa shape index (κ3) is 5.51. The highest BCUT2D eigenvalue weighted by atomic mass is 32.3. The third-order valence-corrected chi connectivity index (χ3v) is 10.3. The Morgan fingerprint density at radius 2 is 1.73 bits per heavy atom. The summed E-state index contributed by atoms with van der Waals surface area (Å²) in [7, 11) is -3.78. The number of sulfonamides is 1. The van der Waals surface area contributed by atoms with Crippen LogP contribution in [0.15, 0.2) is 30.6 Å². The van der Waals surface area contributed by atoms with Crippen molar-refractivity contribution in [3.63, 3.8) is 0 Å². The lowest BCUT2D eigenvalue weighted by Gasteiger charge is -2.26. The van der Waals surface area contributed by atoms with Gasteiger partial charge in [0, 0.05) is 35.7 Å². The second-order valence-corrected chi connectivity index (χ2v) is 13.5. The summed E-state index contributed by atoms with van der Waals surface area (Å²) in [6.45, 7) is 5.18. The maximum atomic E-state index is 13.5. The Morgan fingerprint density at radius 3 is 2.27 bits per heavy atom. The van der Waals surface area contributed by atoms with Gasteiger partial charge in [0.15, 0.2) is 0 Å². The average Bonchev–Trinajstić information content (AvgIpc) is 3.44. The second kappa shape index (κ2) is 10.4. The predicted molar refractivity (Wildman–Crippen MR) is 142 cm³/mol. The van der Waals surface area contributed by atoms with Gasteiger partial charge < -0.3 is 9.47 Å². The van der Waals surface area contributed by atoms with Crippen LogP contribution in [0.3, 0.4) is 0 Å². The van der Waals surface area contributed by atoms with E-state index >= 15 is 0 Å². The van der Waals surface area contributed by atoms with Gasteiger partial charge in [0.2, 0.25) is 16.0 Å². The number of anilines is 1. The zero-order valence-electron chi connectivity index (χ0n) is 21.3. The number of nitrogens with one attached hydrogen (secondary N) is 1. The molecule has 1 aromatic carbocycles. The molecule has 37 heavy (non-hydrogen) atoms. The molecule has 2 aromatic heterocycles. The maximum absolute atomic E-state index is 13.5. The summed E-state index contributed by atoms with van der Waals surface area (Å²) >= 11 is 0. The Labute approximate surface area is 217 Å². The molecule has 0 bridgehead atoms. The van der Waals surface area contributed by atoms with Gasteiger partial charge in [0.1, 0.15) is 28.8 Å². The zero-order valence-corrected chi connectivity index (χ0v) is 23.0. The van der Waals surface area contributed by atoms with Gasteiger partial charge in [0.05, 0.1) is 19.5 Å². The van der Waals surface area contributed by atoms with Gasteiger partial charge in [-0.3, -0.25) is 18.4 Å². The van der Waals surface area contributed by atoms with Crippen LogP contribution in [0.25, 0.3) is 5.69 Å². The van der Waals surface area contributed by atoms with Gasteiger partial charge in [0.25, 0.3) is 0 Å². The van der Waals surface area contributed by atoms with Crippen molar-refractivity contribution in [3.05, 3.63) is 47.8 Å². The summed E-state index contributed by atoms with van der Waals surface area (Å²) in [5, 5.41) is 7.55. The van der Waals surface area contributed by atoms with E-state index in [-0.39, 0.29) is 23.4 Å². The van der Waals surface area contributed by atoms with Crippen LogP contribution >= 0.6 is 10.6 Å². The summed E-state index contributed by atoms with van der Waals surface area (Å²) < 4.78 is 62.8. The molecule has 0 radical (unpaired) electrons. The van der Waals surface area contributed by atoms with Crippen molar-refractivity contribution < 1.29 is 27.0 Å². The minimum Gasteiger partial charge on any atom is -0.494 e. The molecule has 0 aliphatic carbocycles. The lowest BCUT2D eigenvalue weighted by molar-refractivity contribution is 0.390. The van der Waals surface area contributed by atoms with Gasteiger partial charge in [-0.25, -0.2) is 18.4 Å². The van der Waals surface area contributed by atoms with Crippen LogP contribution in [0.2, 0.25) is 0 Å². The molecule has 0 unspecified atom stereocenters. The van der Waals surface area contributed by atoms with Crippen molar-refractivity contribution in [1.82, 2.24) is 24.7 Å². The van der Waals surface area contributed by atoms with Gasteiger partial charge in [-0.2, -0.15) is 10.6 Å². The third-order valence-electron chi connectivity index (χ3n) is 6.58. The number of para-hydroxylation sites is 1. The summed E-state index contributed by atoms with van der Waals surface area (Å²) in [5.41, 5.74) is 1.27. The molecule has 4 rings (SSSR count). The van der Waals surface area contributed by atoms with E-state index in [1.54, 1.807) is 44.4 Å². The first kappa shape index (κ1) is 27.1. The number of benzene rings is 1. The Hall–Kier alpha value is -2.94. The van der Waals surface area contributed by atoms with Crippen molar-refractivity contribution >= 4 is 26.6 Å². The van der Waals surface area contributed by atoms with Crippen LogP contribution in [0.4, 0.5) is 5.95 Å². The summed E-state index contributed by atoms with van der Waals surface area (Å²) in [4.78, 5) is 8.57. The molecule has 14 heteroatoms. The summed E-state index contributed by atoms with van der Waals surface area (Å²) in [5.74, 6) is 0.992. The van der Waals surface area contributed by atoms with Gasteiger partial charge in [-0.15, -0.1) is 10.2 Å². The molecule has 3 N–H and O–H groups in total.